The molecule has 0 radical (unpaired) electrons. The molecule has 0 saturated carbocycles. The number of aromatic nitrogens is 3. The largest absolute Gasteiger partial charge is 0.497 e. The number of nitrogens with zero attached hydrogens (tertiary/aromatic N) is 3. The predicted molar refractivity (Wildman–Crippen MR) is 102 cm³/mol. The Labute approximate surface area is 159 Å². The highest BCUT2D eigenvalue weighted by Gasteiger charge is 2.21. The quantitative estimate of drug-likeness (QED) is 0.538. The van der Waals surface area contributed by atoms with Crippen molar-refractivity contribution in [1.82, 2.24) is 14.2 Å². The fourth-order valence-corrected chi connectivity index (χ4v) is 3.32. The lowest BCUT2D eigenvalue weighted by molar-refractivity contribution is 0.414. The lowest BCUT2D eigenvalue weighted by atomic mass is 10.1. The summed E-state index contributed by atoms with van der Waals surface area (Å²) in [6.45, 7) is 3.38. The highest BCUT2D eigenvalue weighted by molar-refractivity contribution is 5.81. The van der Waals surface area contributed by atoms with E-state index in [-0.39, 0.29) is 11.1 Å². The second-order valence-electron chi connectivity index (χ2n) is 6.51. The third-order valence-electron chi connectivity index (χ3n) is 4.65. The first-order valence-corrected chi connectivity index (χ1v) is 8.62. The van der Waals surface area contributed by atoms with Crippen LogP contribution < -0.4 is 10.3 Å². The summed E-state index contributed by atoms with van der Waals surface area (Å²) in [6.07, 6.45) is 1.68. The zero-order valence-electron chi connectivity index (χ0n) is 15.5. The van der Waals surface area contributed by atoms with Crippen LogP contribution in [0.15, 0.2) is 53.5 Å². The van der Waals surface area contributed by atoms with Gasteiger partial charge in [-0.2, -0.15) is 9.61 Å². The molecule has 0 saturated heterocycles. The smallest absolute Gasteiger partial charge is 0.277 e. The van der Waals surface area contributed by atoms with Crippen LogP contribution in [-0.4, -0.2) is 21.3 Å². The van der Waals surface area contributed by atoms with E-state index in [2.05, 4.69) is 5.10 Å². The van der Waals surface area contributed by atoms with E-state index in [0.29, 0.717) is 28.2 Å². The number of hydrogen-bond donors (Lipinski definition) is 0. The number of ether oxygens (including phenoxy) is 1. The summed E-state index contributed by atoms with van der Waals surface area (Å²) in [7, 11) is 1.56. The zero-order valence-corrected chi connectivity index (χ0v) is 15.5. The number of fused-ring (bicyclic) bond motifs is 1. The Balaban J connectivity index is 2.14. The van der Waals surface area contributed by atoms with Crippen LogP contribution in [0.1, 0.15) is 11.3 Å². The third kappa shape index (κ3) is 2.76. The van der Waals surface area contributed by atoms with Gasteiger partial charge in [-0.15, -0.1) is 0 Å². The van der Waals surface area contributed by atoms with E-state index in [4.69, 9.17) is 4.74 Å². The van der Waals surface area contributed by atoms with Gasteiger partial charge in [0.05, 0.1) is 24.1 Å². The summed E-state index contributed by atoms with van der Waals surface area (Å²) in [4.78, 5) is 12.7. The van der Waals surface area contributed by atoms with E-state index in [1.165, 1.54) is 16.6 Å². The van der Waals surface area contributed by atoms with Crippen molar-refractivity contribution in [1.29, 1.82) is 0 Å². The second kappa shape index (κ2) is 6.60. The van der Waals surface area contributed by atoms with Crippen LogP contribution in [0.5, 0.6) is 5.75 Å². The van der Waals surface area contributed by atoms with Crippen LogP contribution in [0.25, 0.3) is 22.5 Å². The minimum absolute atomic E-state index is 0.175. The molecule has 5 nitrogen and oxygen atoms in total. The van der Waals surface area contributed by atoms with Gasteiger partial charge in [-0.3, -0.25) is 4.79 Å². The third-order valence-corrected chi connectivity index (χ3v) is 4.65. The van der Waals surface area contributed by atoms with E-state index < -0.39 is 11.6 Å². The number of benzene rings is 2. The summed E-state index contributed by atoms with van der Waals surface area (Å²) in [6, 6.07) is 10.6. The number of hydrogen-bond acceptors (Lipinski definition) is 3. The SMILES string of the molecule is COc1cccc(-n2cc(C)c(=O)n3nc(C)c(-c4ccc(F)cc4F)c23)c1. The molecule has 2 heterocycles. The maximum atomic E-state index is 14.6. The van der Waals surface area contributed by atoms with Crippen LogP contribution in [0.2, 0.25) is 0 Å². The molecule has 0 fully saturated rings. The van der Waals surface area contributed by atoms with Crippen molar-refractivity contribution in [3.8, 4) is 22.6 Å². The summed E-state index contributed by atoms with van der Waals surface area (Å²) >= 11 is 0. The van der Waals surface area contributed by atoms with Gasteiger partial charge < -0.3 is 9.30 Å². The van der Waals surface area contributed by atoms with Gasteiger partial charge in [0.1, 0.15) is 17.4 Å². The molecule has 0 aliphatic heterocycles. The molecule has 0 N–H and O–H groups in total. The van der Waals surface area contributed by atoms with Crippen molar-refractivity contribution in [3.05, 3.63) is 81.9 Å². The molecule has 2 aromatic carbocycles. The van der Waals surface area contributed by atoms with E-state index in [1.807, 2.05) is 12.1 Å². The molecule has 0 aliphatic rings. The first-order valence-electron chi connectivity index (χ1n) is 8.62. The van der Waals surface area contributed by atoms with Gasteiger partial charge in [0, 0.05) is 29.5 Å². The van der Waals surface area contributed by atoms with Crippen LogP contribution >= 0.6 is 0 Å². The van der Waals surface area contributed by atoms with Crippen LogP contribution in [0.3, 0.4) is 0 Å². The van der Waals surface area contributed by atoms with Crippen LogP contribution in [0, 0.1) is 25.5 Å². The number of aryl methyl sites for hydroxylation is 2. The Morgan fingerprint density at radius 3 is 2.57 bits per heavy atom. The Kier molecular flexibility index (Phi) is 4.22. The van der Waals surface area contributed by atoms with Crippen molar-refractivity contribution in [3.63, 3.8) is 0 Å². The van der Waals surface area contributed by atoms with Crippen molar-refractivity contribution < 1.29 is 13.5 Å². The van der Waals surface area contributed by atoms with E-state index in [9.17, 15) is 13.6 Å². The summed E-state index contributed by atoms with van der Waals surface area (Å²) in [5, 5.41) is 4.33. The van der Waals surface area contributed by atoms with Gasteiger partial charge in [0.2, 0.25) is 0 Å². The summed E-state index contributed by atoms with van der Waals surface area (Å²) in [5.41, 5.74) is 2.36. The lowest BCUT2D eigenvalue weighted by Crippen LogP contribution is -2.20. The highest BCUT2D eigenvalue weighted by Crippen LogP contribution is 2.32. The fraction of sp³-hybridized carbons (Fsp3) is 0.143. The molecule has 28 heavy (non-hydrogen) atoms. The van der Waals surface area contributed by atoms with E-state index in [0.717, 1.165) is 11.8 Å². The molecule has 0 spiro atoms. The summed E-state index contributed by atoms with van der Waals surface area (Å²) in [5.74, 6) is -0.752. The average Bonchev–Trinajstić information content (AvgIpc) is 3.02. The van der Waals surface area contributed by atoms with Crippen molar-refractivity contribution in [2.75, 3.05) is 7.11 Å². The fourth-order valence-electron chi connectivity index (χ4n) is 3.32. The molecule has 0 amide bonds. The molecule has 0 atom stereocenters. The lowest BCUT2D eigenvalue weighted by Gasteiger charge is -2.13. The van der Waals surface area contributed by atoms with Gasteiger partial charge in [-0.25, -0.2) is 8.78 Å². The second-order valence-corrected chi connectivity index (χ2v) is 6.51. The Hall–Kier alpha value is -3.48. The maximum absolute atomic E-state index is 14.6. The Morgan fingerprint density at radius 1 is 1.07 bits per heavy atom. The van der Waals surface area contributed by atoms with E-state index >= 15 is 0 Å². The minimum atomic E-state index is -0.719. The van der Waals surface area contributed by atoms with E-state index in [1.54, 1.807) is 43.9 Å². The molecule has 0 aliphatic carbocycles. The summed E-state index contributed by atoms with van der Waals surface area (Å²) < 4.78 is 36.3. The van der Waals surface area contributed by atoms with Gasteiger partial charge in [0.15, 0.2) is 5.65 Å². The van der Waals surface area contributed by atoms with Crippen molar-refractivity contribution in [2.24, 2.45) is 0 Å². The molecule has 0 unspecified atom stereocenters. The van der Waals surface area contributed by atoms with Gasteiger partial charge in [0.25, 0.3) is 5.56 Å². The molecule has 0 bridgehead atoms. The predicted octanol–water partition coefficient (Wildman–Crippen LogP) is 4.06. The maximum Gasteiger partial charge on any atom is 0.277 e. The van der Waals surface area contributed by atoms with Crippen LogP contribution in [0.4, 0.5) is 8.78 Å². The molecule has 4 aromatic rings. The Bertz CT molecular complexity index is 1270. The minimum Gasteiger partial charge on any atom is -0.497 e. The molecule has 7 heteroatoms. The average molecular weight is 381 g/mol. The first kappa shape index (κ1) is 17.9. The van der Waals surface area contributed by atoms with Crippen molar-refractivity contribution >= 4 is 5.65 Å². The zero-order chi connectivity index (χ0) is 20.0. The Morgan fingerprint density at radius 2 is 1.86 bits per heavy atom. The standard InChI is InChI=1S/C21H17F2N3O2/c1-12-11-25(15-5-4-6-16(10-15)28-3)20-19(13(2)24-26(20)21(12)27)17-8-7-14(22)9-18(17)23/h4-11H,1-3H3. The van der Waals surface area contributed by atoms with Gasteiger partial charge >= 0.3 is 0 Å². The molecular weight excluding hydrogens is 364 g/mol. The van der Waals surface area contributed by atoms with Crippen molar-refractivity contribution in [2.45, 2.75) is 13.8 Å². The normalized spacial score (nSPS) is 11.2. The van der Waals surface area contributed by atoms with Crippen LogP contribution in [-0.2, 0) is 0 Å². The number of halogens is 2. The number of rotatable bonds is 3. The molecule has 142 valence electrons. The molecule has 2 aromatic heterocycles. The monoisotopic (exact) mass is 381 g/mol. The highest BCUT2D eigenvalue weighted by atomic mass is 19.1. The molecule has 4 rings (SSSR count). The topological polar surface area (TPSA) is 48.5 Å². The van der Waals surface area contributed by atoms with Gasteiger partial charge in [-0.05, 0) is 38.1 Å². The first-order chi connectivity index (χ1) is 13.4. The van der Waals surface area contributed by atoms with Gasteiger partial charge in [-0.1, -0.05) is 6.07 Å². The number of methoxy groups -OCH3 is 1. The molecular formula is C21H17F2N3O2.